The van der Waals surface area contributed by atoms with E-state index in [4.69, 9.17) is 5.73 Å². The molecule has 0 saturated heterocycles. The Balaban J connectivity index is 4.39. The average Bonchev–Trinajstić information content (AvgIpc) is 1.88. The van der Waals surface area contributed by atoms with Gasteiger partial charge in [0, 0.05) is 17.7 Å². The van der Waals surface area contributed by atoms with Crippen molar-refractivity contribution in [1.29, 1.82) is 0 Å². The van der Waals surface area contributed by atoms with Crippen molar-refractivity contribution in [2.24, 2.45) is 5.73 Å². The van der Waals surface area contributed by atoms with Gasteiger partial charge in [0.15, 0.2) is 5.78 Å². The van der Waals surface area contributed by atoms with Gasteiger partial charge in [0.1, 0.15) is 0 Å². The average molecular weight is 139 g/mol. The van der Waals surface area contributed by atoms with Gasteiger partial charge in [-0.1, -0.05) is 19.6 Å². The third-order valence-corrected chi connectivity index (χ3v) is 1.26. The lowest BCUT2D eigenvalue weighted by Gasteiger charge is -2.00. The van der Waals surface area contributed by atoms with Gasteiger partial charge in [-0.05, 0) is 6.92 Å². The number of ketones is 1. The SMILES string of the molecule is C=C(N)/C(=C\C)C(=O)CC. The van der Waals surface area contributed by atoms with Gasteiger partial charge < -0.3 is 5.73 Å². The maximum atomic E-state index is 11.0. The first kappa shape index (κ1) is 8.95. The van der Waals surface area contributed by atoms with Gasteiger partial charge in [0.05, 0.1) is 0 Å². The predicted molar refractivity (Wildman–Crippen MR) is 42.4 cm³/mol. The molecule has 56 valence electrons. The van der Waals surface area contributed by atoms with Crippen LogP contribution in [0.3, 0.4) is 0 Å². The van der Waals surface area contributed by atoms with E-state index < -0.39 is 0 Å². The van der Waals surface area contributed by atoms with Gasteiger partial charge in [-0.15, -0.1) is 0 Å². The third kappa shape index (κ3) is 2.05. The maximum Gasteiger partial charge on any atom is 0.164 e. The van der Waals surface area contributed by atoms with Crippen LogP contribution >= 0.6 is 0 Å². The first-order chi connectivity index (χ1) is 4.63. The Morgan fingerprint density at radius 2 is 2.20 bits per heavy atom. The molecule has 0 unspecified atom stereocenters. The largest absolute Gasteiger partial charge is 0.399 e. The van der Waals surface area contributed by atoms with Gasteiger partial charge >= 0.3 is 0 Å². The molecule has 0 radical (unpaired) electrons. The van der Waals surface area contributed by atoms with Crippen LogP contribution in [0, 0.1) is 0 Å². The molecule has 0 aliphatic heterocycles. The Labute approximate surface area is 61.4 Å². The lowest BCUT2D eigenvalue weighted by Crippen LogP contribution is -2.08. The molecular formula is C8H13NO. The fourth-order valence-corrected chi connectivity index (χ4v) is 0.716. The molecule has 0 aliphatic carbocycles. The van der Waals surface area contributed by atoms with Gasteiger partial charge in [-0.2, -0.15) is 0 Å². The summed E-state index contributed by atoms with van der Waals surface area (Å²) in [7, 11) is 0. The molecule has 2 nitrogen and oxygen atoms in total. The summed E-state index contributed by atoms with van der Waals surface area (Å²) in [5, 5.41) is 0. The molecule has 0 fully saturated rings. The fourth-order valence-electron chi connectivity index (χ4n) is 0.716. The molecule has 0 heterocycles. The second kappa shape index (κ2) is 3.88. The highest BCUT2D eigenvalue weighted by atomic mass is 16.1. The topological polar surface area (TPSA) is 43.1 Å². The van der Waals surface area contributed by atoms with Crippen molar-refractivity contribution in [3.05, 3.63) is 23.9 Å². The lowest BCUT2D eigenvalue weighted by atomic mass is 10.1. The van der Waals surface area contributed by atoms with E-state index in [2.05, 4.69) is 6.58 Å². The van der Waals surface area contributed by atoms with Crippen molar-refractivity contribution >= 4 is 5.78 Å². The number of hydrogen-bond acceptors (Lipinski definition) is 2. The van der Waals surface area contributed by atoms with Crippen molar-refractivity contribution in [2.45, 2.75) is 20.3 Å². The Bertz CT molecular complexity index is 180. The molecule has 0 amide bonds. The normalized spacial score (nSPS) is 11.2. The molecule has 0 aromatic heterocycles. The molecule has 0 spiro atoms. The van der Waals surface area contributed by atoms with Crippen molar-refractivity contribution in [1.82, 2.24) is 0 Å². The minimum Gasteiger partial charge on any atom is -0.399 e. The number of carbonyl (C=O) groups excluding carboxylic acids is 1. The number of Topliss-reactive ketones (excluding diaryl/α,β-unsaturated/α-hetero) is 1. The van der Waals surface area contributed by atoms with E-state index in [1.165, 1.54) is 0 Å². The molecule has 0 aromatic carbocycles. The van der Waals surface area contributed by atoms with Crippen LogP contribution in [0.1, 0.15) is 20.3 Å². The molecular weight excluding hydrogens is 126 g/mol. The fraction of sp³-hybridized carbons (Fsp3) is 0.375. The highest BCUT2D eigenvalue weighted by Gasteiger charge is 2.05. The summed E-state index contributed by atoms with van der Waals surface area (Å²) in [5.74, 6) is 0.0509. The van der Waals surface area contributed by atoms with Crippen LogP contribution in [0.2, 0.25) is 0 Å². The van der Waals surface area contributed by atoms with Gasteiger partial charge in [-0.25, -0.2) is 0 Å². The Kier molecular flexibility index (Phi) is 3.47. The molecule has 0 atom stereocenters. The van der Waals surface area contributed by atoms with E-state index >= 15 is 0 Å². The van der Waals surface area contributed by atoms with Crippen molar-refractivity contribution in [3.8, 4) is 0 Å². The first-order valence-corrected chi connectivity index (χ1v) is 3.27. The van der Waals surface area contributed by atoms with Gasteiger partial charge in [-0.3, -0.25) is 4.79 Å². The lowest BCUT2D eigenvalue weighted by molar-refractivity contribution is -0.115. The summed E-state index contributed by atoms with van der Waals surface area (Å²) in [5.41, 5.74) is 6.24. The molecule has 0 saturated carbocycles. The number of allylic oxidation sites excluding steroid dienone is 2. The number of nitrogens with two attached hydrogens (primary N) is 1. The zero-order valence-corrected chi connectivity index (χ0v) is 6.48. The first-order valence-electron chi connectivity index (χ1n) is 3.27. The second-order valence-corrected chi connectivity index (χ2v) is 2.00. The molecule has 0 rings (SSSR count). The summed E-state index contributed by atoms with van der Waals surface area (Å²) in [6.07, 6.45) is 2.17. The van der Waals surface area contributed by atoms with Gasteiger partial charge in [0.25, 0.3) is 0 Å². The van der Waals surface area contributed by atoms with E-state index in [9.17, 15) is 4.79 Å². The molecule has 2 heteroatoms. The summed E-state index contributed by atoms with van der Waals surface area (Å²) >= 11 is 0. The van der Waals surface area contributed by atoms with E-state index in [0.717, 1.165) is 0 Å². The van der Waals surface area contributed by atoms with E-state index in [-0.39, 0.29) is 5.78 Å². The standard InChI is InChI=1S/C8H13NO/c1-4-7(6(3)9)8(10)5-2/h4H,3,5,9H2,1-2H3/b7-4+. The molecule has 0 aliphatic rings. The quantitative estimate of drug-likeness (QED) is 0.474. The predicted octanol–water partition coefficient (Wildman–Crippen LogP) is 1.38. The van der Waals surface area contributed by atoms with E-state index in [0.29, 0.717) is 17.7 Å². The smallest absolute Gasteiger partial charge is 0.164 e. The summed E-state index contributed by atoms with van der Waals surface area (Å²) < 4.78 is 0. The minimum absolute atomic E-state index is 0.0509. The highest BCUT2D eigenvalue weighted by molar-refractivity contribution is 5.98. The van der Waals surface area contributed by atoms with Crippen molar-refractivity contribution in [3.63, 3.8) is 0 Å². The molecule has 10 heavy (non-hydrogen) atoms. The van der Waals surface area contributed by atoms with Crippen LogP contribution in [-0.4, -0.2) is 5.78 Å². The van der Waals surface area contributed by atoms with Gasteiger partial charge in [0.2, 0.25) is 0 Å². The van der Waals surface area contributed by atoms with Crippen LogP contribution in [-0.2, 0) is 4.79 Å². The second-order valence-electron chi connectivity index (χ2n) is 2.00. The van der Waals surface area contributed by atoms with Crippen LogP contribution in [0.4, 0.5) is 0 Å². The van der Waals surface area contributed by atoms with E-state index in [1.54, 1.807) is 19.9 Å². The van der Waals surface area contributed by atoms with Crippen molar-refractivity contribution < 1.29 is 4.79 Å². The monoisotopic (exact) mass is 139 g/mol. The van der Waals surface area contributed by atoms with E-state index in [1.807, 2.05) is 0 Å². The number of hydrogen-bond donors (Lipinski definition) is 1. The maximum absolute atomic E-state index is 11.0. The summed E-state index contributed by atoms with van der Waals surface area (Å²) in [4.78, 5) is 11.0. The molecule has 2 N–H and O–H groups in total. The van der Waals surface area contributed by atoms with Crippen LogP contribution in [0.15, 0.2) is 23.9 Å². The van der Waals surface area contributed by atoms with Crippen LogP contribution < -0.4 is 5.73 Å². The van der Waals surface area contributed by atoms with Crippen molar-refractivity contribution in [2.75, 3.05) is 0 Å². The zero-order chi connectivity index (χ0) is 8.15. The van der Waals surface area contributed by atoms with Crippen LogP contribution in [0.5, 0.6) is 0 Å². The Hall–Kier alpha value is -1.05. The zero-order valence-electron chi connectivity index (χ0n) is 6.48. The number of carbonyl (C=O) groups is 1. The number of rotatable bonds is 3. The highest BCUT2D eigenvalue weighted by Crippen LogP contribution is 2.04. The minimum atomic E-state index is 0.0509. The third-order valence-electron chi connectivity index (χ3n) is 1.26. The molecule has 0 aromatic rings. The summed E-state index contributed by atoms with van der Waals surface area (Å²) in [6, 6.07) is 0. The molecule has 0 bridgehead atoms. The summed E-state index contributed by atoms with van der Waals surface area (Å²) in [6.45, 7) is 7.06. The van der Waals surface area contributed by atoms with Crippen LogP contribution in [0.25, 0.3) is 0 Å². The Morgan fingerprint density at radius 3 is 2.30 bits per heavy atom. The Morgan fingerprint density at radius 1 is 1.70 bits per heavy atom.